The number of rotatable bonds is 5. The highest BCUT2D eigenvalue weighted by Crippen LogP contribution is 2.32. The van der Waals surface area contributed by atoms with Crippen LogP contribution >= 0.6 is 11.6 Å². The van der Waals surface area contributed by atoms with Gasteiger partial charge in [0.05, 0.1) is 12.7 Å². The van der Waals surface area contributed by atoms with Crippen molar-refractivity contribution in [3.05, 3.63) is 27.8 Å². The normalized spacial score (nSPS) is 16.0. The summed E-state index contributed by atoms with van der Waals surface area (Å²) in [5.41, 5.74) is 2.42. The van der Waals surface area contributed by atoms with Crippen molar-refractivity contribution in [2.75, 3.05) is 26.7 Å². The van der Waals surface area contributed by atoms with Crippen LogP contribution in [0.5, 0.6) is 5.75 Å². The summed E-state index contributed by atoms with van der Waals surface area (Å²) in [5, 5.41) is 0.664. The van der Waals surface area contributed by atoms with Gasteiger partial charge in [0.2, 0.25) is 0 Å². The highest BCUT2D eigenvalue weighted by Gasteiger charge is 2.20. The fraction of sp³-hybridized carbons (Fsp3) is 0.588. The molecular formula is C17H24ClNO2. The number of halogens is 1. The van der Waals surface area contributed by atoms with Crippen LogP contribution in [0.2, 0.25) is 5.02 Å². The summed E-state index contributed by atoms with van der Waals surface area (Å²) in [5.74, 6) is 0.759. The Morgan fingerprint density at radius 3 is 2.57 bits per heavy atom. The van der Waals surface area contributed by atoms with Gasteiger partial charge in [0.1, 0.15) is 5.75 Å². The SMILES string of the molecule is COc1cc(C)c(Cl)c(C)c1C(=O)CCN1CCCCC1. The lowest BCUT2D eigenvalue weighted by Crippen LogP contribution is -2.31. The third-order valence-corrected chi connectivity index (χ3v) is 4.83. The lowest BCUT2D eigenvalue weighted by Gasteiger charge is -2.26. The van der Waals surface area contributed by atoms with E-state index < -0.39 is 0 Å². The molecule has 1 heterocycles. The second kappa shape index (κ2) is 7.28. The molecular weight excluding hydrogens is 286 g/mol. The summed E-state index contributed by atoms with van der Waals surface area (Å²) < 4.78 is 5.38. The molecule has 21 heavy (non-hydrogen) atoms. The molecule has 0 radical (unpaired) electrons. The number of likely N-dealkylation sites (tertiary alicyclic amines) is 1. The fourth-order valence-electron chi connectivity index (χ4n) is 3.00. The van der Waals surface area contributed by atoms with Crippen LogP contribution in [0, 0.1) is 13.8 Å². The van der Waals surface area contributed by atoms with Crippen molar-refractivity contribution in [1.29, 1.82) is 0 Å². The number of ketones is 1. The Balaban J connectivity index is 2.12. The van der Waals surface area contributed by atoms with Gasteiger partial charge in [0.15, 0.2) is 5.78 Å². The molecule has 1 fully saturated rings. The van der Waals surface area contributed by atoms with Crippen LogP contribution in [0.15, 0.2) is 6.07 Å². The zero-order valence-electron chi connectivity index (χ0n) is 13.2. The van der Waals surface area contributed by atoms with E-state index in [1.165, 1.54) is 19.3 Å². The molecule has 0 spiro atoms. The summed E-state index contributed by atoms with van der Waals surface area (Å²) >= 11 is 6.29. The Morgan fingerprint density at radius 2 is 1.95 bits per heavy atom. The zero-order chi connectivity index (χ0) is 15.4. The first-order chi connectivity index (χ1) is 10.0. The maximum absolute atomic E-state index is 12.6. The van der Waals surface area contributed by atoms with Crippen LogP contribution in [0.25, 0.3) is 0 Å². The van der Waals surface area contributed by atoms with E-state index >= 15 is 0 Å². The number of Topliss-reactive ketones (excluding diaryl/α,β-unsaturated/α-hetero) is 1. The number of hydrogen-bond acceptors (Lipinski definition) is 3. The molecule has 0 atom stereocenters. The fourth-order valence-corrected chi connectivity index (χ4v) is 3.15. The van der Waals surface area contributed by atoms with E-state index in [2.05, 4.69) is 4.90 Å². The van der Waals surface area contributed by atoms with Crippen molar-refractivity contribution in [3.8, 4) is 5.75 Å². The van der Waals surface area contributed by atoms with Crippen molar-refractivity contribution in [2.24, 2.45) is 0 Å². The van der Waals surface area contributed by atoms with Gasteiger partial charge in [-0.1, -0.05) is 18.0 Å². The van der Waals surface area contributed by atoms with Crippen LogP contribution in [0.4, 0.5) is 0 Å². The Morgan fingerprint density at radius 1 is 1.29 bits per heavy atom. The van der Waals surface area contributed by atoms with E-state index in [-0.39, 0.29) is 5.78 Å². The van der Waals surface area contributed by atoms with Gasteiger partial charge < -0.3 is 9.64 Å². The van der Waals surface area contributed by atoms with Crippen LogP contribution in [-0.2, 0) is 0 Å². The quantitative estimate of drug-likeness (QED) is 0.769. The van der Waals surface area contributed by atoms with E-state index in [1.807, 2.05) is 19.9 Å². The molecule has 0 aromatic heterocycles. The largest absolute Gasteiger partial charge is 0.496 e. The number of carbonyl (C=O) groups excluding carboxylic acids is 1. The predicted molar refractivity (Wildman–Crippen MR) is 86.7 cm³/mol. The number of hydrogen-bond donors (Lipinski definition) is 0. The Kier molecular flexibility index (Phi) is 5.65. The van der Waals surface area contributed by atoms with Gasteiger partial charge in [-0.15, -0.1) is 0 Å². The second-order valence-electron chi connectivity index (χ2n) is 5.79. The average Bonchev–Trinajstić information content (AvgIpc) is 2.51. The van der Waals surface area contributed by atoms with E-state index in [4.69, 9.17) is 16.3 Å². The number of aryl methyl sites for hydroxylation is 1. The first kappa shape index (κ1) is 16.3. The van der Waals surface area contributed by atoms with Crippen LogP contribution in [0.3, 0.4) is 0 Å². The van der Waals surface area contributed by atoms with Gasteiger partial charge in [-0.05, 0) is 57.0 Å². The van der Waals surface area contributed by atoms with Crippen molar-refractivity contribution in [1.82, 2.24) is 4.90 Å². The molecule has 3 nitrogen and oxygen atoms in total. The van der Waals surface area contributed by atoms with Gasteiger partial charge in [-0.2, -0.15) is 0 Å². The molecule has 1 aromatic carbocycles. The molecule has 0 aliphatic carbocycles. The monoisotopic (exact) mass is 309 g/mol. The summed E-state index contributed by atoms with van der Waals surface area (Å²) in [4.78, 5) is 15.0. The van der Waals surface area contributed by atoms with Gasteiger partial charge in [-0.3, -0.25) is 4.79 Å². The molecule has 116 valence electrons. The van der Waals surface area contributed by atoms with E-state index in [0.717, 1.165) is 30.8 Å². The molecule has 1 saturated heterocycles. The number of methoxy groups -OCH3 is 1. The predicted octanol–water partition coefficient (Wildman–Crippen LogP) is 4.02. The number of ether oxygens (including phenoxy) is 1. The van der Waals surface area contributed by atoms with Crippen LogP contribution in [0.1, 0.15) is 47.2 Å². The minimum atomic E-state index is 0.122. The maximum atomic E-state index is 12.6. The van der Waals surface area contributed by atoms with Crippen molar-refractivity contribution >= 4 is 17.4 Å². The van der Waals surface area contributed by atoms with Gasteiger partial charge in [0.25, 0.3) is 0 Å². The first-order valence-electron chi connectivity index (χ1n) is 7.64. The van der Waals surface area contributed by atoms with Crippen molar-refractivity contribution < 1.29 is 9.53 Å². The molecule has 0 N–H and O–H groups in total. The highest BCUT2D eigenvalue weighted by molar-refractivity contribution is 6.32. The third kappa shape index (κ3) is 3.78. The highest BCUT2D eigenvalue weighted by atomic mass is 35.5. The summed E-state index contributed by atoms with van der Waals surface area (Å²) in [6.07, 6.45) is 4.32. The van der Waals surface area contributed by atoms with Gasteiger partial charge in [-0.25, -0.2) is 0 Å². The summed E-state index contributed by atoms with van der Waals surface area (Å²) in [6.45, 7) is 6.87. The molecule has 0 unspecified atom stereocenters. The lowest BCUT2D eigenvalue weighted by molar-refractivity contribution is 0.0955. The molecule has 1 aliphatic heterocycles. The average molecular weight is 310 g/mol. The van der Waals surface area contributed by atoms with E-state index in [1.54, 1.807) is 7.11 Å². The van der Waals surface area contributed by atoms with Crippen LogP contribution in [-0.4, -0.2) is 37.4 Å². The molecule has 4 heteroatoms. The molecule has 0 bridgehead atoms. The molecule has 0 saturated carbocycles. The Labute approximate surface area is 132 Å². The smallest absolute Gasteiger partial charge is 0.168 e. The van der Waals surface area contributed by atoms with E-state index in [0.29, 0.717) is 22.8 Å². The Hall–Kier alpha value is -1.06. The van der Waals surface area contributed by atoms with Crippen molar-refractivity contribution in [2.45, 2.75) is 39.5 Å². The molecule has 0 amide bonds. The Bertz CT molecular complexity index is 522. The topological polar surface area (TPSA) is 29.5 Å². The standard InChI is InChI=1S/C17H24ClNO2/c1-12-11-15(21-3)16(13(2)17(12)18)14(20)7-10-19-8-5-4-6-9-19/h11H,4-10H2,1-3H3. The van der Waals surface area contributed by atoms with Gasteiger partial charge >= 0.3 is 0 Å². The molecule has 1 aromatic rings. The molecule has 2 rings (SSSR count). The maximum Gasteiger partial charge on any atom is 0.168 e. The molecule has 1 aliphatic rings. The van der Waals surface area contributed by atoms with Gasteiger partial charge in [0, 0.05) is 18.0 Å². The van der Waals surface area contributed by atoms with E-state index in [9.17, 15) is 4.79 Å². The van der Waals surface area contributed by atoms with Crippen LogP contribution < -0.4 is 4.74 Å². The summed E-state index contributed by atoms with van der Waals surface area (Å²) in [6, 6.07) is 1.85. The minimum absolute atomic E-state index is 0.122. The number of nitrogens with zero attached hydrogens (tertiary/aromatic N) is 1. The number of benzene rings is 1. The third-order valence-electron chi connectivity index (χ3n) is 4.25. The lowest BCUT2D eigenvalue weighted by atomic mass is 9.98. The second-order valence-corrected chi connectivity index (χ2v) is 6.16. The van der Waals surface area contributed by atoms with Crippen molar-refractivity contribution in [3.63, 3.8) is 0 Å². The first-order valence-corrected chi connectivity index (χ1v) is 8.01. The minimum Gasteiger partial charge on any atom is -0.496 e. The zero-order valence-corrected chi connectivity index (χ0v) is 13.9. The number of piperidine rings is 1. The summed E-state index contributed by atoms with van der Waals surface area (Å²) in [7, 11) is 1.60. The number of carbonyl (C=O) groups is 1.